The van der Waals surface area contributed by atoms with Crippen LogP contribution in [0.25, 0.3) is 0 Å². The van der Waals surface area contributed by atoms with Gasteiger partial charge in [-0.25, -0.2) is 0 Å². The van der Waals surface area contributed by atoms with E-state index in [1.165, 1.54) is 6.92 Å². The topological polar surface area (TPSA) is 60.4 Å². The van der Waals surface area contributed by atoms with Crippen LogP contribution in [0.3, 0.4) is 0 Å². The molecule has 0 aromatic carbocycles. The predicted octanol–water partition coefficient (Wildman–Crippen LogP) is 0.0676. The van der Waals surface area contributed by atoms with Crippen LogP contribution in [0.1, 0.15) is 39.5 Å². The van der Waals surface area contributed by atoms with Crippen LogP contribution >= 0.6 is 0 Å². The summed E-state index contributed by atoms with van der Waals surface area (Å²) in [7, 11) is 0. The summed E-state index contributed by atoms with van der Waals surface area (Å²) in [4.78, 5) is 10.1. The molecular weight excluding hydrogens is 144 g/mol. The summed E-state index contributed by atoms with van der Waals surface area (Å²) in [6, 6.07) is 0. The van der Waals surface area contributed by atoms with E-state index in [0.717, 1.165) is 12.8 Å². The van der Waals surface area contributed by atoms with E-state index in [1.54, 1.807) is 0 Å². The first-order chi connectivity index (χ1) is 4.98. The quantitative estimate of drug-likeness (QED) is 0.617. The van der Waals surface area contributed by atoms with E-state index < -0.39 is 11.6 Å². The molecule has 0 amide bonds. The van der Waals surface area contributed by atoms with Crippen molar-refractivity contribution >= 4 is 5.97 Å². The van der Waals surface area contributed by atoms with E-state index in [2.05, 4.69) is 0 Å². The first kappa shape index (κ1) is 10.4. The number of carbonyl (C=O) groups is 1. The van der Waals surface area contributed by atoms with Crippen molar-refractivity contribution in [3.05, 3.63) is 0 Å². The molecule has 0 radical (unpaired) electrons. The van der Waals surface area contributed by atoms with E-state index in [1.807, 2.05) is 6.92 Å². The van der Waals surface area contributed by atoms with Crippen LogP contribution in [-0.4, -0.2) is 16.7 Å². The van der Waals surface area contributed by atoms with Gasteiger partial charge in [0.05, 0.1) is 5.60 Å². The maximum atomic E-state index is 10.1. The van der Waals surface area contributed by atoms with Crippen LogP contribution in [0.4, 0.5) is 0 Å². The first-order valence-corrected chi connectivity index (χ1v) is 3.90. The second-order valence-electron chi connectivity index (χ2n) is 3.15. The molecule has 0 heterocycles. The summed E-state index contributed by atoms with van der Waals surface area (Å²) in [6.07, 6.45) is 2.06. The number of hydrogen-bond acceptors (Lipinski definition) is 3. The molecule has 1 atom stereocenters. The smallest absolute Gasteiger partial charge is 0.0671 e. The number of carboxylic acid groups (broad SMARTS) is 1. The molecule has 0 fully saturated rings. The molecule has 0 aliphatic carbocycles. The van der Waals surface area contributed by atoms with Crippen LogP contribution < -0.4 is 5.11 Å². The molecule has 0 aliphatic rings. The molecule has 0 aliphatic heterocycles. The fourth-order valence-corrected chi connectivity index (χ4v) is 0.957. The van der Waals surface area contributed by atoms with Crippen molar-refractivity contribution in [2.24, 2.45) is 0 Å². The highest BCUT2D eigenvalue weighted by Gasteiger charge is 2.19. The maximum Gasteiger partial charge on any atom is 0.0671 e. The number of hydrogen-bond donors (Lipinski definition) is 1. The van der Waals surface area contributed by atoms with Gasteiger partial charge in [-0.2, -0.15) is 0 Å². The molecule has 3 nitrogen and oxygen atoms in total. The molecule has 11 heavy (non-hydrogen) atoms. The summed E-state index contributed by atoms with van der Waals surface area (Å²) in [6.45, 7) is 3.52. The van der Waals surface area contributed by atoms with Crippen LogP contribution in [0.5, 0.6) is 0 Å². The molecule has 0 saturated heterocycles. The third-order valence-electron chi connectivity index (χ3n) is 1.59. The van der Waals surface area contributed by atoms with E-state index >= 15 is 0 Å². The van der Waals surface area contributed by atoms with Gasteiger partial charge in [-0.05, 0) is 13.3 Å². The average Bonchev–Trinajstić information content (AvgIpc) is 1.81. The molecular formula is C8H15O3-. The Kier molecular flexibility index (Phi) is 4.11. The molecule has 66 valence electrons. The van der Waals surface area contributed by atoms with Gasteiger partial charge in [0.25, 0.3) is 0 Å². The lowest BCUT2D eigenvalue weighted by Crippen LogP contribution is -2.35. The Morgan fingerprint density at radius 3 is 2.55 bits per heavy atom. The molecule has 0 aromatic heterocycles. The molecule has 1 N–H and O–H groups in total. The van der Waals surface area contributed by atoms with E-state index in [9.17, 15) is 15.0 Å². The monoisotopic (exact) mass is 159 g/mol. The Hall–Kier alpha value is -0.570. The van der Waals surface area contributed by atoms with E-state index in [-0.39, 0.29) is 6.42 Å². The number of unbranched alkanes of at least 4 members (excludes halogenated alkanes) is 1. The molecule has 0 aromatic rings. The Morgan fingerprint density at radius 2 is 2.18 bits per heavy atom. The lowest BCUT2D eigenvalue weighted by Gasteiger charge is -2.23. The first-order valence-electron chi connectivity index (χ1n) is 3.90. The van der Waals surface area contributed by atoms with Gasteiger partial charge in [-0.15, -0.1) is 0 Å². The predicted molar refractivity (Wildman–Crippen MR) is 39.8 cm³/mol. The van der Waals surface area contributed by atoms with Crippen LogP contribution in [-0.2, 0) is 4.79 Å². The van der Waals surface area contributed by atoms with Crippen molar-refractivity contribution in [3.63, 3.8) is 0 Å². The number of aliphatic carboxylic acids is 1. The second-order valence-corrected chi connectivity index (χ2v) is 3.15. The highest BCUT2D eigenvalue weighted by molar-refractivity contribution is 5.65. The average molecular weight is 159 g/mol. The Morgan fingerprint density at radius 1 is 1.64 bits per heavy atom. The second kappa shape index (κ2) is 4.34. The molecule has 0 rings (SSSR count). The minimum atomic E-state index is -1.19. The van der Waals surface area contributed by atoms with Gasteiger partial charge in [0.2, 0.25) is 0 Å². The van der Waals surface area contributed by atoms with Crippen LogP contribution in [0, 0.1) is 0 Å². The van der Waals surface area contributed by atoms with E-state index in [0.29, 0.717) is 6.42 Å². The lowest BCUT2D eigenvalue weighted by atomic mass is 9.96. The largest absolute Gasteiger partial charge is 0.550 e. The number of carbonyl (C=O) groups excluding carboxylic acids is 1. The summed E-state index contributed by atoms with van der Waals surface area (Å²) < 4.78 is 0. The minimum Gasteiger partial charge on any atom is -0.550 e. The number of rotatable bonds is 5. The highest BCUT2D eigenvalue weighted by atomic mass is 16.4. The van der Waals surface area contributed by atoms with Gasteiger partial charge >= 0.3 is 0 Å². The lowest BCUT2D eigenvalue weighted by molar-refractivity contribution is -0.309. The number of carboxylic acids is 1. The third-order valence-corrected chi connectivity index (χ3v) is 1.59. The molecule has 0 saturated carbocycles. The normalized spacial score (nSPS) is 15.9. The van der Waals surface area contributed by atoms with Crippen molar-refractivity contribution in [2.45, 2.75) is 45.1 Å². The van der Waals surface area contributed by atoms with Crippen molar-refractivity contribution in [2.75, 3.05) is 0 Å². The van der Waals surface area contributed by atoms with Crippen molar-refractivity contribution < 1.29 is 15.0 Å². The van der Waals surface area contributed by atoms with Crippen molar-refractivity contribution in [1.82, 2.24) is 0 Å². The summed E-state index contributed by atoms with van der Waals surface area (Å²) in [5.41, 5.74) is -1.09. The van der Waals surface area contributed by atoms with Gasteiger partial charge in [0, 0.05) is 12.4 Å². The van der Waals surface area contributed by atoms with Gasteiger partial charge < -0.3 is 15.0 Å². The zero-order valence-corrected chi connectivity index (χ0v) is 7.09. The number of aliphatic hydroxyl groups is 1. The summed E-state index contributed by atoms with van der Waals surface area (Å²) >= 11 is 0. The Labute approximate surface area is 67.0 Å². The zero-order valence-electron chi connectivity index (χ0n) is 7.09. The molecule has 0 bridgehead atoms. The third kappa shape index (κ3) is 5.85. The van der Waals surface area contributed by atoms with E-state index in [4.69, 9.17) is 0 Å². The van der Waals surface area contributed by atoms with Gasteiger partial charge in [0.15, 0.2) is 0 Å². The summed E-state index contributed by atoms with van der Waals surface area (Å²) in [5.74, 6) is -1.19. The molecule has 1 unspecified atom stereocenters. The Bertz CT molecular complexity index is 129. The zero-order chi connectivity index (χ0) is 8.91. The standard InChI is InChI=1S/C8H16O3/c1-3-4-5-8(2,11)6-7(9)10/h11H,3-6H2,1-2H3,(H,9,10)/p-1. The van der Waals surface area contributed by atoms with Gasteiger partial charge in [-0.1, -0.05) is 19.8 Å². The fraction of sp³-hybridized carbons (Fsp3) is 0.875. The summed E-state index contributed by atoms with van der Waals surface area (Å²) in [5, 5.41) is 19.5. The molecule has 3 heteroatoms. The van der Waals surface area contributed by atoms with Crippen LogP contribution in [0.2, 0.25) is 0 Å². The van der Waals surface area contributed by atoms with Crippen molar-refractivity contribution in [1.29, 1.82) is 0 Å². The minimum absolute atomic E-state index is 0.271. The van der Waals surface area contributed by atoms with Crippen molar-refractivity contribution in [3.8, 4) is 0 Å². The SMILES string of the molecule is CCCCC(C)(O)CC(=O)[O-]. The Balaban J connectivity index is 3.70. The molecule has 0 spiro atoms. The highest BCUT2D eigenvalue weighted by Crippen LogP contribution is 2.16. The van der Waals surface area contributed by atoms with Gasteiger partial charge in [-0.3, -0.25) is 0 Å². The fourth-order valence-electron chi connectivity index (χ4n) is 0.957. The van der Waals surface area contributed by atoms with Gasteiger partial charge in [0.1, 0.15) is 0 Å². The van der Waals surface area contributed by atoms with Crippen LogP contribution in [0.15, 0.2) is 0 Å². The maximum absolute atomic E-state index is 10.1.